The number of fused-ring (bicyclic) bond motifs is 1. The Kier molecular flexibility index (Phi) is 10.6. The van der Waals surface area contributed by atoms with E-state index in [1.54, 1.807) is 29.3 Å². The van der Waals surface area contributed by atoms with Crippen LogP contribution in [0.5, 0.6) is 5.75 Å². The second kappa shape index (κ2) is 15.3. The van der Waals surface area contributed by atoms with Crippen molar-refractivity contribution >= 4 is 40.9 Å². The molecule has 0 radical (unpaired) electrons. The quantitative estimate of drug-likeness (QED) is 0.201. The van der Waals surface area contributed by atoms with Gasteiger partial charge in [-0.15, -0.1) is 0 Å². The van der Waals surface area contributed by atoms with Crippen molar-refractivity contribution in [2.45, 2.75) is 84.5 Å². The molecule has 1 aromatic heterocycles. The summed E-state index contributed by atoms with van der Waals surface area (Å²) < 4.78 is 6.35. The van der Waals surface area contributed by atoms with Gasteiger partial charge in [-0.2, -0.15) is 5.26 Å². The highest BCUT2D eigenvalue weighted by Gasteiger charge is 2.64. The highest BCUT2D eigenvalue weighted by atomic mass is 35.5. The summed E-state index contributed by atoms with van der Waals surface area (Å²) in [6.45, 7) is 13.4. The number of unbranched alkanes of at least 4 members (excludes halogenated alkanes) is 1. The maximum absolute atomic E-state index is 13.3. The van der Waals surface area contributed by atoms with Gasteiger partial charge in [-0.05, 0) is 80.3 Å². The number of rotatable bonds is 11. The first-order valence-corrected chi connectivity index (χ1v) is 19.5. The number of aromatic nitrogens is 1. The van der Waals surface area contributed by atoms with Crippen molar-refractivity contribution < 1.29 is 23.9 Å². The number of amides is 4. The number of benzene rings is 2. The first-order chi connectivity index (χ1) is 26.3. The number of ether oxygens (including phenoxy) is 1. The Bertz CT molecular complexity index is 2020. The van der Waals surface area contributed by atoms with E-state index in [9.17, 15) is 24.4 Å². The van der Waals surface area contributed by atoms with Gasteiger partial charge in [-0.1, -0.05) is 39.3 Å². The standard InChI is InChI=1S/C42H48ClN7O5/c1-41(2)39(42(3,4)40(41)55-31-12-9-26(23-44)33(43)22-31)47-36(52)27-8-10-29(45-24-27)7-5-6-16-48-17-19-49(20-18-48)30-11-13-32-28(21-30)25-50(38(32)54)34-14-15-35(51)46-37(34)53/h8-13,21-22,24,34,39-40H,5-7,14-20,25H2,1-4H3,(H,47,52)(H,46,51,53)/t34?,39-,40-. The number of nitriles is 1. The van der Waals surface area contributed by atoms with Crippen LogP contribution in [0.1, 0.15) is 90.9 Å². The Labute approximate surface area is 327 Å². The van der Waals surface area contributed by atoms with Crippen LogP contribution < -0.4 is 20.3 Å². The topological polar surface area (TPSA) is 148 Å². The minimum Gasteiger partial charge on any atom is -0.489 e. The van der Waals surface area contributed by atoms with Crippen molar-refractivity contribution in [2.75, 3.05) is 37.6 Å². The summed E-state index contributed by atoms with van der Waals surface area (Å²) in [6.07, 6.45) is 4.97. The molecule has 55 heavy (non-hydrogen) atoms. The monoisotopic (exact) mass is 765 g/mol. The molecular weight excluding hydrogens is 718 g/mol. The molecule has 4 amide bonds. The third kappa shape index (κ3) is 7.65. The molecule has 2 N–H and O–H groups in total. The number of piperidine rings is 1. The highest BCUT2D eigenvalue weighted by Crippen LogP contribution is 2.55. The van der Waals surface area contributed by atoms with Gasteiger partial charge in [0.1, 0.15) is 24.0 Å². The molecule has 3 aromatic rings. The van der Waals surface area contributed by atoms with Crippen LogP contribution in [0, 0.1) is 22.2 Å². The minimum absolute atomic E-state index is 0.134. The molecule has 0 bridgehead atoms. The van der Waals surface area contributed by atoms with Gasteiger partial charge in [0.2, 0.25) is 11.8 Å². The fourth-order valence-corrected chi connectivity index (χ4v) is 9.36. The van der Waals surface area contributed by atoms with Crippen molar-refractivity contribution in [3.8, 4) is 11.8 Å². The number of anilines is 1. The van der Waals surface area contributed by atoms with E-state index in [0.717, 1.165) is 68.9 Å². The molecule has 2 saturated heterocycles. The first-order valence-electron chi connectivity index (χ1n) is 19.1. The number of nitrogens with one attached hydrogen (secondary N) is 2. The highest BCUT2D eigenvalue weighted by molar-refractivity contribution is 6.31. The normalized spacial score (nSPS) is 23.1. The molecule has 0 spiro atoms. The van der Waals surface area contributed by atoms with E-state index in [1.165, 1.54) is 0 Å². The van der Waals surface area contributed by atoms with Crippen LogP contribution in [0.2, 0.25) is 5.02 Å². The molecule has 1 atom stereocenters. The molecule has 7 rings (SSSR count). The van der Waals surface area contributed by atoms with Gasteiger partial charge in [-0.25, -0.2) is 0 Å². The fraction of sp³-hybridized carbons (Fsp3) is 0.476. The summed E-state index contributed by atoms with van der Waals surface area (Å²) in [5.74, 6) is -0.392. The maximum Gasteiger partial charge on any atom is 0.255 e. The zero-order valence-corrected chi connectivity index (χ0v) is 32.6. The van der Waals surface area contributed by atoms with Gasteiger partial charge in [0.15, 0.2) is 0 Å². The van der Waals surface area contributed by atoms with Crippen LogP contribution >= 0.6 is 11.6 Å². The number of carbonyl (C=O) groups is 4. The molecular formula is C42H48ClN7O5. The zero-order chi connectivity index (χ0) is 39.1. The van der Waals surface area contributed by atoms with Gasteiger partial charge in [-0.3, -0.25) is 34.4 Å². The van der Waals surface area contributed by atoms with Crippen molar-refractivity contribution in [1.29, 1.82) is 5.26 Å². The molecule has 3 fully saturated rings. The predicted molar refractivity (Wildman–Crippen MR) is 208 cm³/mol. The van der Waals surface area contributed by atoms with Crippen molar-refractivity contribution in [1.82, 2.24) is 25.4 Å². The second-order valence-electron chi connectivity index (χ2n) is 16.4. The lowest BCUT2D eigenvalue weighted by molar-refractivity contribution is -0.164. The SMILES string of the molecule is CC1(C)[C@H](NC(=O)c2ccc(CCCCN3CCN(c4ccc5c(c4)CN(C4CCC(=O)NC4=O)C5=O)CC3)nc2)C(C)(C)[C@H]1Oc1ccc(C#N)c(Cl)c1. The van der Waals surface area contributed by atoms with Crippen molar-refractivity contribution in [3.05, 3.63) is 87.7 Å². The Morgan fingerprint density at radius 3 is 2.45 bits per heavy atom. The number of aryl methyl sites for hydroxylation is 1. The molecule has 4 heterocycles. The predicted octanol–water partition coefficient (Wildman–Crippen LogP) is 5.12. The number of nitrogens with zero attached hydrogens (tertiary/aromatic N) is 5. The van der Waals surface area contributed by atoms with Crippen LogP contribution in [0.25, 0.3) is 0 Å². The molecule has 13 heteroatoms. The number of carbonyl (C=O) groups excluding carboxylic acids is 4. The summed E-state index contributed by atoms with van der Waals surface area (Å²) in [7, 11) is 0. The third-order valence-corrected chi connectivity index (χ3v) is 12.2. The fourth-order valence-electron chi connectivity index (χ4n) is 9.15. The summed E-state index contributed by atoms with van der Waals surface area (Å²) in [6, 6.07) is 16.1. The molecule has 288 valence electrons. The van der Waals surface area contributed by atoms with Crippen LogP contribution in [0.3, 0.4) is 0 Å². The zero-order valence-electron chi connectivity index (χ0n) is 31.9. The van der Waals surface area contributed by atoms with E-state index >= 15 is 0 Å². The smallest absolute Gasteiger partial charge is 0.255 e. The summed E-state index contributed by atoms with van der Waals surface area (Å²) in [5, 5.41) is 15.1. The van der Waals surface area contributed by atoms with E-state index < -0.39 is 11.9 Å². The third-order valence-electron chi connectivity index (χ3n) is 11.9. The van der Waals surface area contributed by atoms with Gasteiger partial charge in [0.25, 0.3) is 11.8 Å². The summed E-state index contributed by atoms with van der Waals surface area (Å²) >= 11 is 6.23. The Balaban J connectivity index is 0.831. The maximum atomic E-state index is 13.3. The van der Waals surface area contributed by atoms with Crippen molar-refractivity contribution in [2.24, 2.45) is 10.8 Å². The largest absolute Gasteiger partial charge is 0.489 e. The van der Waals surface area contributed by atoms with Gasteiger partial charge in [0, 0.05) is 85.2 Å². The Hall–Kier alpha value is -4.99. The molecule has 2 aromatic carbocycles. The van der Waals surface area contributed by atoms with Crippen LogP contribution in [0.4, 0.5) is 5.69 Å². The van der Waals surface area contributed by atoms with E-state index in [2.05, 4.69) is 65.2 Å². The van der Waals surface area contributed by atoms with Gasteiger partial charge < -0.3 is 19.9 Å². The average molecular weight is 766 g/mol. The number of piperazine rings is 1. The molecule has 1 unspecified atom stereocenters. The van der Waals surface area contributed by atoms with E-state index in [-0.39, 0.29) is 47.1 Å². The number of pyridine rings is 1. The molecule has 1 aliphatic carbocycles. The lowest BCUT2D eigenvalue weighted by Gasteiger charge is -2.63. The van der Waals surface area contributed by atoms with Crippen LogP contribution in [-0.2, 0) is 22.6 Å². The summed E-state index contributed by atoms with van der Waals surface area (Å²) in [4.78, 5) is 61.4. The molecule has 3 aliphatic heterocycles. The van der Waals surface area contributed by atoms with Gasteiger partial charge in [0.05, 0.1) is 16.1 Å². The van der Waals surface area contributed by atoms with Crippen LogP contribution in [-0.4, -0.2) is 89.3 Å². The minimum atomic E-state index is -0.607. The first kappa shape index (κ1) is 38.3. The number of hydrogen-bond donors (Lipinski definition) is 2. The van der Waals surface area contributed by atoms with Crippen molar-refractivity contribution in [3.63, 3.8) is 0 Å². The average Bonchev–Trinajstić information content (AvgIpc) is 3.49. The second-order valence-corrected chi connectivity index (χ2v) is 16.8. The molecule has 12 nitrogen and oxygen atoms in total. The van der Waals surface area contributed by atoms with E-state index in [1.807, 2.05) is 24.3 Å². The van der Waals surface area contributed by atoms with E-state index in [0.29, 0.717) is 40.4 Å². The lowest BCUT2D eigenvalue weighted by atomic mass is 9.49. The number of hydrogen-bond acceptors (Lipinski definition) is 9. The number of imide groups is 1. The van der Waals surface area contributed by atoms with Gasteiger partial charge >= 0.3 is 0 Å². The number of halogens is 1. The molecule has 4 aliphatic rings. The Morgan fingerprint density at radius 2 is 1.78 bits per heavy atom. The Morgan fingerprint density at radius 1 is 1.02 bits per heavy atom. The van der Waals surface area contributed by atoms with E-state index in [4.69, 9.17) is 16.3 Å². The molecule has 1 saturated carbocycles. The summed E-state index contributed by atoms with van der Waals surface area (Å²) in [5.41, 5.74) is 3.83. The lowest BCUT2D eigenvalue weighted by Crippen LogP contribution is -2.74. The van der Waals surface area contributed by atoms with Crippen LogP contribution in [0.15, 0.2) is 54.7 Å².